The van der Waals surface area contributed by atoms with Gasteiger partial charge in [0.2, 0.25) is 5.91 Å². The van der Waals surface area contributed by atoms with E-state index in [2.05, 4.69) is 24.1 Å². The van der Waals surface area contributed by atoms with Crippen molar-refractivity contribution in [3.05, 3.63) is 0 Å². The summed E-state index contributed by atoms with van der Waals surface area (Å²) in [5, 5.41) is 3.31. The number of amides is 1. The van der Waals surface area contributed by atoms with Crippen LogP contribution in [-0.4, -0.2) is 35.5 Å². The third-order valence-electron chi connectivity index (χ3n) is 2.76. The quantitative estimate of drug-likeness (QED) is 0.698. The summed E-state index contributed by atoms with van der Waals surface area (Å²) in [7, 11) is 0. The van der Waals surface area contributed by atoms with Gasteiger partial charge in [-0.3, -0.25) is 4.79 Å². The Hall–Kier alpha value is -0.570. The second-order valence-electron chi connectivity index (χ2n) is 4.43. The average molecular weight is 182 g/mol. The van der Waals surface area contributed by atoms with Gasteiger partial charge in [0.25, 0.3) is 0 Å². The van der Waals surface area contributed by atoms with Gasteiger partial charge >= 0.3 is 0 Å². The van der Waals surface area contributed by atoms with E-state index in [-0.39, 0.29) is 6.04 Å². The molecule has 74 valence electrons. The molecular formula is C10H18N2O. The van der Waals surface area contributed by atoms with E-state index in [1.165, 1.54) is 12.8 Å². The fraction of sp³-hybridized carbons (Fsp3) is 0.900. The lowest BCUT2D eigenvalue weighted by Crippen LogP contribution is -2.42. The van der Waals surface area contributed by atoms with Crippen molar-refractivity contribution in [1.29, 1.82) is 0 Å². The molecule has 2 fully saturated rings. The van der Waals surface area contributed by atoms with Gasteiger partial charge in [-0.05, 0) is 19.3 Å². The summed E-state index contributed by atoms with van der Waals surface area (Å²) in [6.07, 6.45) is 3.44. The number of rotatable bonds is 3. The van der Waals surface area contributed by atoms with Gasteiger partial charge in [-0.2, -0.15) is 0 Å². The van der Waals surface area contributed by atoms with Crippen molar-refractivity contribution in [3.8, 4) is 0 Å². The Balaban J connectivity index is 1.90. The highest BCUT2D eigenvalue weighted by molar-refractivity contribution is 5.84. The van der Waals surface area contributed by atoms with E-state index in [9.17, 15) is 4.79 Å². The van der Waals surface area contributed by atoms with Crippen LogP contribution in [0.1, 0.15) is 33.1 Å². The van der Waals surface area contributed by atoms with Crippen molar-refractivity contribution >= 4 is 5.91 Å². The van der Waals surface area contributed by atoms with E-state index in [1.54, 1.807) is 0 Å². The van der Waals surface area contributed by atoms with Crippen LogP contribution in [0.5, 0.6) is 0 Å². The molecule has 0 aromatic heterocycles. The predicted octanol–water partition coefficient (Wildman–Crippen LogP) is 0.748. The Kier molecular flexibility index (Phi) is 2.28. The maximum absolute atomic E-state index is 11.8. The molecule has 3 heteroatoms. The molecule has 0 radical (unpaired) electrons. The fourth-order valence-corrected chi connectivity index (χ4v) is 2.01. The van der Waals surface area contributed by atoms with E-state index in [0.717, 1.165) is 13.0 Å². The van der Waals surface area contributed by atoms with Crippen molar-refractivity contribution in [2.24, 2.45) is 0 Å². The predicted molar refractivity (Wildman–Crippen MR) is 51.4 cm³/mol. The number of likely N-dealkylation sites (tertiary alicyclic amines) is 1. The van der Waals surface area contributed by atoms with Crippen LogP contribution < -0.4 is 5.32 Å². The van der Waals surface area contributed by atoms with Crippen LogP contribution >= 0.6 is 0 Å². The molecule has 1 unspecified atom stereocenters. The van der Waals surface area contributed by atoms with Gasteiger partial charge in [0.05, 0.1) is 6.04 Å². The SMILES string of the molecule is CC(C)NC1CCN(C2CC2)C1=O. The minimum absolute atomic E-state index is 0.0978. The summed E-state index contributed by atoms with van der Waals surface area (Å²) in [5.41, 5.74) is 0. The second-order valence-corrected chi connectivity index (χ2v) is 4.43. The summed E-state index contributed by atoms with van der Waals surface area (Å²) in [6.45, 7) is 5.15. The summed E-state index contributed by atoms with van der Waals surface area (Å²) in [5.74, 6) is 0.330. The van der Waals surface area contributed by atoms with E-state index in [1.807, 2.05) is 0 Å². The van der Waals surface area contributed by atoms with Gasteiger partial charge < -0.3 is 10.2 Å². The Morgan fingerprint density at radius 1 is 1.38 bits per heavy atom. The maximum Gasteiger partial charge on any atom is 0.240 e. The van der Waals surface area contributed by atoms with Gasteiger partial charge in [-0.1, -0.05) is 13.8 Å². The molecule has 1 heterocycles. The molecular weight excluding hydrogens is 164 g/mol. The standard InChI is InChI=1S/C10H18N2O/c1-7(2)11-9-5-6-12(10(9)13)8-3-4-8/h7-9,11H,3-6H2,1-2H3. The Bertz CT molecular complexity index is 211. The number of nitrogens with zero attached hydrogens (tertiary/aromatic N) is 1. The molecule has 1 atom stereocenters. The lowest BCUT2D eigenvalue weighted by atomic mass is 10.2. The highest BCUT2D eigenvalue weighted by atomic mass is 16.2. The zero-order valence-electron chi connectivity index (χ0n) is 8.42. The first-order chi connectivity index (χ1) is 6.18. The Labute approximate surface area is 79.5 Å². The number of carbonyl (C=O) groups excluding carboxylic acids is 1. The topological polar surface area (TPSA) is 32.3 Å². The first kappa shape index (κ1) is 9.00. The van der Waals surface area contributed by atoms with Crippen molar-refractivity contribution in [3.63, 3.8) is 0 Å². The molecule has 2 aliphatic rings. The highest BCUT2D eigenvalue weighted by Crippen LogP contribution is 2.30. The summed E-state index contributed by atoms with van der Waals surface area (Å²) in [6, 6.07) is 1.10. The van der Waals surface area contributed by atoms with Gasteiger partial charge in [-0.15, -0.1) is 0 Å². The third kappa shape index (κ3) is 1.85. The summed E-state index contributed by atoms with van der Waals surface area (Å²) in [4.78, 5) is 13.8. The minimum Gasteiger partial charge on any atom is -0.338 e. The van der Waals surface area contributed by atoms with Gasteiger partial charge in [0.15, 0.2) is 0 Å². The third-order valence-corrected chi connectivity index (χ3v) is 2.76. The fourth-order valence-electron chi connectivity index (χ4n) is 2.01. The molecule has 2 rings (SSSR count). The van der Waals surface area contributed by atoms with E-state index < -0.39 is 0 Å². The van der Waals surface area contributed by atoms with E-state index in [0.29, 0.717) is 18.0 Å². The molecule has 0 spiro atoms. The number of nitrogens with one attached hydrogen (secondary N) is 1. The molecule has 1 saturated heterocycles. The molecule has 0 aromatic carbocycles. The molecule has 13 heavy (non-hydrogen) atoms. The van der Waals surface area contributed by atoms with Gasteiger partial charge in [0, 0.05) is 18.6 Å². The molecule has 0 aromatic rings. The Morgan fingerprint density at radius 2 is 2.08 bits per heavy atom. The maximum atomic E-state index is 11.8. The monoisotopic (exact) mass is 182 g/mol. The summed E-state index contributed by atoms with van der Waals surface area (Å²) < 4.78 is 0. The average Bonchev–Trinajstić information content (AvgIpc) is 2.81. The van der Waals surface area contributed by atoms with Crippen LogP contribution in [0.25, 0.3) is 0 Å². The van der Waals surface area contributed by atoms with Crippen LogP contribution in [-0.2, 0) is 4.79 Å². The van der Waals surface area contributed by atoms with E-state index in [4.69, 9.17) is 0 Å². The van der Waals surface area contributed by atoms with Crippen LogP contribution in [0.4, 0.5) is 0 Å². The number of hydrogen-bond acceptors (Lipinski definition) is 2. The zero-order valence-corrected chi connectivity index (χ0v) is 8.42. The van der Waals surface area contributed by atoms with Crippen LogP contribution in [0.3, 0.4) is 0 Å². The largest absolute Gasteiger partial charge is 0.338 e. The molecule has 1 saturated carbocycles. The van der Waals surface area contributed by atoms with Crippen molar-refractivity contribution in [1.82, 2.24) is 10.2 Å². The van der Waals surface area contributed by atoms with Gasteiger partial charge in [-0.25, -0.2) is 0 Å². The van der Waals surface area contributed by atoms with Crippen molar-refractivity contribution < 1.29 is 4.79 Å². The summed E-state index contributed by atoms with van der Waals surface area (Å²) >= 11 is 0. The first-order valence-electron chi connectivity index (χ1n) is 5.25. The molecule has 1 aliphatic heterocycles. The minimum atomic E-state index is 0.0978. The van der Waals surface area contributed by atoms with Crippen molar-refractivity contribution in [2.75, 3.05) is 6.54 Å². The molecule has 0 bridgehead atoms. The van der Waals surface area contributed by atoms with Crippen LogP contribution in [0.15, 0.2) is 0 Å². The molecule has 1 aliphatic carbocycles. The van der Waals surface area contributed by atoms with E-state index >= 15 is 0 Å². The van der Waals surface area contributed by atoms with Gasteiger partial charge in [0.1, 0.15) is 0 Å². The molecule has 3 nitrogen and oxygen atoms in total. The van der Waals surface area contributed by atoms with Crippen LogP contribution in [0, 0.1) is 0 Å². The Morgan fingerprint density at radius 3 is 2.62 bits per heavy atom. The number of carbonyl (C=O) groups is 1. The zero-order chi connectivity index (χ0) is 9.42. The lowest BCUT2D eigenvalue weighted by Gasteiger charge is -2.17. The molecule has 1 N–H and O–H groups in total. The first-order valence-corrected chi connectivity index (χ1v) is 5.25. The number of hydrogen-bond donors (Lipinski definition) is 1. The smallest absolute Gasteiger partial charge is 0.240 e. The van der Waals surface area contributed by atoms with Crippen molar-refractivity contribution in [2.45, 2.75) is 51.2 Å². The molecule has 1 amide bonds. The normalized spacial score (nSPS) is 29.0. The lowest BCUT2D eigenvalue weighted by molar-refractivity contribution is -0.130. The van der Waals surface area contributed by atoms with Crippen LogP contribution in [0.2, 0.25) is 0 Å². The highest BCUT2D eigenvalue weighted by Gasteiger charge is 2.40. The second kappa shape index (κ2) is 3.29.